The summed E-state index contributed by atoms with van der Waals surface area (Å²) in [5.41, 5.74) is 0. The molecule has 4 heteroatoms. The van der Waals surface area contributed by atoms with Crippen molar-refractivity contribution in [2.24, 2.45) is 0 Å². The molecule has 2 rings (SSSR count). The third-order valence-corrected chi connectivity index (χ3v) is 5.81. The highest BCUT2D eigenvalue weighted by molar-refractivity contribution is 14.1. The van der Waals surface area contributed by atoms with Crippen LogP contribution in [0.2, 0.25) is 0 Å². The molecule has 0 N–H and O–H groups in total. The molecule has 0 bridgehead atoms. The van der Waals surface area contributed by atoms with E-state index in [1.165, 1.54) is 17.2 Å². The minimum Gasteiger partial charge on any atom is -0.132 e. The summed E-state index contributed by atoms with van der Waals surface area (Å²) in [4.78, 5) is 0. The first-order chi connectivity index (χ1) is 5.70. The molecule has 0 nitrogen and oxygen atoms in total. The van der Waals surface area contributed by atoms with Crippen LogP contribution in [0.4, 0.5) is 0 Å². The normalized spacial score (nSPS) is 10.9. The van der Waals surface area contributed by atoms with Crippen molar-refractivity contribution in [3.63, 3.8) is 0 Å². The van der Waals surface area contributed by atoms with Crippen LogP contribution >= 0.6 is 69.1 Å². The lowest BCUT2D eigenvalue weighted by molar-refractivity contribution is 1.66. The molecular weight excluding hydrogens is 414 g/mol. The van der Waals surface area contributed by atoms with Crippen LogP contribution in [0, 0.1) is 7.14 Å². The summed E-state index contributed by atoms with van der Waals surface area (Å²) < 4.78 is 5.04. The number of thiophene rings is 1. The highest BCUT2D eigenvalue weighted by Crippen LogP contribution is 2.36. The number of hydrogen-bond donors (Lipinski definition) is 1. The monoisotopic (exact) mass is 418 g/mol. The summed E-state index contributed by atoms with van der Waals surface area (Å²) in [6.07, 6.45) is 0. The van der Waals surface area contributed by atoms with Gasteiger partial charge in [0.05, 0.1) is 4.21 Å². The van der Waals surface area contributed by atoms with Gasteiger partial charge in [0.1, 0.15) is 0 Å². The second-order valence-corrected chi connectivity index (χ2v) is 6.38. The summed E-state index contributed by atoms with van der Waals surface area (Å²) in [7, 11) is 0. The molecule has 0 amide bonds. The van der Waals surface area contributed by atoms with Crippen molar-refractivity contribution in [3.05, 3.63) is 25.3 Å². The molecule has 0 spiro atoms. The quantitative estimate of drug-likeness (QED) is 0.476. The number of fused-ring (bicyclic) bond motifs is 1. The molecular formula is C8H4I2S2. The van der Waals surface area contributed by atoms with Gasteiger partial charge in [-0.25, -0.2) is 0 Å². The predicted octanol–water partition coefficient (Wildman–Crippen LogP) is 4.40. The molecule has 2 aromatic rings. The van der Waals surface area contributed by atoms with Gasteiger partial charge in [-0.1, -0.05) is 6.07 Å². The maximum atomic E-state index is 4.41. The van der Waals surface area contributed by atoms with Crippen LogP contribution in [0.3, 0.4) is 0 Å². The Balaban J connectivity index is 2.97. The Kier molecular flexibility index (Phi) is 2.88. The topological polar surface area (TPSA) is 0 Å². The summed E-state index contributed by atoms with van der Waals surface area (Å²) in [6.45, 7) is 0. The molecule has 62 valence electrons. The van der Waals surface area contributed by atoms with Gasteiger partial charge in [0.2, 0.25) is 0 Å². The maximum absolute atomic E-state index is 4.41. The van der Waals surface area contributed by atoms with Crippen LogP contribution in [0.25, 0.3) is 10.1 Å². The number of benzene rings is 1. The summed E-state index contributed by atoms with van der Waals surface area (Å²) >= 11 is 10.9. The molecule has 0 saturated heterocycles. The van der Waals surface area contributed by atoms with E-state index in [4.69, 9.17) is 0 Å². The lowest BCUT2D eigenvalue weighted by atomic mass is 10.3. The van der Waals surface area contributed by atoms with Crippen LogP contribution in [-0.2, 0) is 0 Å². The third-order valence-electron chi connectivity index (χ3n) is 1.59. The number of rotatable bonds is 0. The largest absolute Gasteiger partial charge is 0.132 e. The van der Waals surface area contributed by atoms with Crippen LogP contribution in [0.15, 0.2) is 22.4 Å². The van der Waals surface area contributed by atoms with E-state index in [1.807, 2.05) is 0 Å². The first kappa shape index (κ1) is 9.54. The van der Waals surface area contributed by atoms with Crippen molar-refractivity contribution in [1.29, 1.82) is 0 Å². The number of hydrogen-bond acceptors (Lipinski definition) is 2. The van der Waals surface area contributed by atoms with Crippen molar-refractivity contribution in [3.8, 4) is 0 Å². The Morgan fingerprint density at radius 1 is 1.25 bits per heavy atom. The fraction of sp³-hybridized carbons (Fsp3) is 0. The average molecular weight is 418 g/mol. The van der Waals surface area contributed by atoms with Crippen molar-refractivity contribution >= 4 is 79.2 Å². The van der Waals surface area contributed by atoms with E-state index in [1.54, 1.807) is 11.3 Å². The van der Waals surface area contributed by atoms with E-state index in [-0.39, 0.29) is 0 Å². The van der Waals surface area contributed by atoms with Crippen LogP contribution in [0.5, 0.6) is 0 Å². The van der Waals surface area contributed by atoms with Gasteiger partial charge in [-0.05, 0) is 57.3 Å². The Labute approximate surface area is 107 Å². The molecule has 1 aromatic heterocycles. The van der Waals surface area contributed by atoms with Gasteiger partial charge < -0.3 is 0 Å². The molecule has 0 aliphatic carbocycles. The Morgan fingerprint density at radius 2 is 2.00 bits per heavy atom. The zero-order chi connectivity index (χ0) is 8.72. The zero-order valence-corrected chi connectivity index (χ0v) is 11.9. The second kappa shape index (κ2) is 3.62. The predicted molar refractivity (Wildman–Crippen MR) is 74.5 cm³/mol. The Bertz CT molecular complexity index is 434. The van der Waals surface area contributed by atoms with Crippen molar-refractivity contribution < 1.29 is 0 Å². The van der Waals surface area contributed by atoms with E-state index in [2.05, 4.69) is 76.0 Å². The molecule has 0 unspecified atom stereocenters. The average Bonchev–Trinajstić information content (AvgIpc) is 2.29. The molecule has 0 aliphatic rings. The number of thiol groups is 1. The fourth-order valence-electron chi connectivity index (χ4n) is 1.06. The van der Waals surface area contributed by atoms with E-state index in [9.17, 15) is 0 Å². The van der Waals surface area contributed by atoms with Crippen LogP contribution < -0.4 is 0 Å². The van der Waals surface area contributed by atoms with Gasteiger partial charge in [0.15, 0.2) is 0 Å². The van der Waals surface area contributed by atoms with Gasteiger partial charge in [-0.3, -0.25) is 0 Å². The molecule has 0 saturated carbocycles. The van der Waals surface area contributed by atoms with Crippen molar-refractivity contribution in [2.75, 3.05) is 0 Å². The molecule has 0 aliphatic heterocycles. The zero-order valence-electron chi connectivity index (χ0n) is 5.84. The summed E-state index contributed by atoms with van der Waals surface area (Å²) in [5.74, 6) is 0. The third kappa shape index (κ3) is 1.51. The smallest absolute Gasteiger partial charge is 0.0715 e. The number of halogens is 2. The lowest BCUT2D eigenvalue weighted by Gasteiger charge is -1.93. The van der Waals surface area contributed by atoms with Gasteiger partial charge in [-0.15, -0.1) is 24.0 Å². The standard InChI is InChI=1S/C8H4I2S2/c9-4-2-1-3-5-6(4)7(10)8(11)12-5/h1-3,11H. The van der Waals surface area contributed by atoms with Gasteiger partial charge in [-0.2, -0.15) is 0 Å². The minimum atomic E-state index is 1.12. The molecule has 1 aromatic carbocycles. The first-order valence-electron chi connectivity index (χ1n) is 3.25. The molecule has 12 heavy (non-hydrogen) atoms. The lowest BCUT2D eigenvalue weighted by Crippen LogP contribution is -1.73. The van der Waals surface area contributed by atoms with E-state index < -0.39 is 0 Å². The highest BCUT2D eigenvalue weighted by atomic mass is 127. The maximum Gasteiger partial charge on any atom is 0.0715 e. The van der Waals surface area contributed by atoms with E-state index in [0.717, 1.165) is 4.21 Å². The van der Waals surface area contributed by atoms with Gasteiger partial charge in [0.25, 0.3) is 0 Å². The first-order valence-corrected chi connectivity index (χ1v) is 6.68. The fourth-order valence-corrected chi connectivity index (χ4v) is 4.89. The second-order valence-electron chi connectivity index (χ2n) is 2.33. The van der Waals surface area contributed by atoms with Crippen molar-refractivity contribution in [2.45, 2.75) is 4.21 Å². The minimum absolute atomic E-state index is 1.12. The van der Waals surface area contributed by atoms with Crippen LogP contribution in [0.1, 0.15) is 0 Å². The van der Waals surface area contributed by atoms with Gasteiger partial charge >= 0.3 is 0 Å². The molecule has 0 fully saturated rings. The van der Waals surface area contributed by atoms with Crippen LogP contribution in [-0.4, -0.2) is 0 Å². The van der Waals surface area contributed by atoms with E-state index in [0.29, 0.717) is 0 Å². The Morgan fingerprint density at radius 3 is 2.67 bits per heavy atom. The molecule has 1 heterocycles. The Hall–Kier alpha value is 0.990. The SMILES string of the molecule is Sc1sc2cccc(I)c2c1I. The van der Waals surface area contributed by atoms with Gasteiger partial charge in [0, 0.05) is 17.2 Å². The molecule has 0 radical (unpaired) electrons. The van der Waals surface area contributed by atoms with E-state index >= 15 is 0 Å². The summed E-state index contributed by atoms with van der Waals surface area (Å²) in [6, 6.07) is 6.36. The summed E-state index contributed by atoms with van der Waals surface area (Å²) in [5, 5.41) is 1.36. The van der Waals surface area contributed by atoms with Crippen molar-refractivity contribution in [1.82, 2.24) is 0 Å². The highest BCUT2D eigenvalue weighted by Gasteiger charge is 2.08. The molecule has 0 atom stereocenters.